The monoisotopic (exact) mass is 304 g/mol. The molecule has 2 heterocycles. The van der Waals surface area contributed by atoms with Gasteiger partial charge in [-0.05, 0) is 36.3 Å². The van der Waals surface area contributed by atoms with Gasteiger partial charge in [-0.2, -0.15) is 0 Å². The molecule has 0 aliphatic carbocycles. The molecule has 114 valence electrons. The molecule has 0 saturated carbocycles. The van der Waals surface area contributed by atoms with Gasteiger partial charge in [0.05, 0.1) is 5.69 Å². The molecule has 4 nitrogen and oxygen atoms in total. The summed E-state index contributed by atoms with van der Waals surface area (Å²) < 4.78 is 0. The number of nitrogens with zero attached hydrogens (tertiary/aromatic N) is 2. The fraction of sp³-hybridized carbons (Fsp3) is 0.105. The molecular formula is C19H16N2O2. The summed E-state index contributed by atoms with van der Waals surface area (Å²) in [4.78, 5) is 29.9. The molecule has 23 heavy (non-hydrogen) atoms. The minimum atomic E-state index is -0.308. The quantitative estimate of drug-likeness (QED) is 0.819. The van der Waals surface area contributed by atoms with Crippen molar-refractivity contribution >= 4 is 24.0 Å². The molecule has 0 N–H and O–H groups in total. The third-order valence-electron chi connectivity index (χ3n) is 3.62. The largest absolute Gasteiger partial charge is 0.275 e. The molecule has 0 unspecified atom stereocenters. The molecular weight excluding hydrogens is 288 g/mol. The number of carbonyl (C=O) groups excluding carboxylic acids is 2. The summed E-state index contributed by atoms with van der Waals surface area (Å²) >= 11 is 0. The van der Waals surface area contributed by atoms with Crippen molar-refractivity contribution in [3.63, 3.8) is 0 Å². The summed E-state index contributed by atoms with van der Waals surface area (Å²) in [6.07, 6.45) is 7.10. The molecule has 0 spiro atoms. The van der Waals surface area contributed by atoms with Crippen LogP contribution < -0.4 is 0 Å². The summed E-state index contributed by atoms with van der Waals surface area (Å²) in [7, 11) is 0. The van der Waals surface area contributed by atoms with Crippen molar-refractivity contribution in [1.29, 1.82) is 0 Å². The van der Waals surface area contributed by atoms with Gasteiger partial charge in [0.2, 0.25) is 0 Å². The van der Waals surface area contributed by atoms with Crippen LogP contribution in [0, 0.1) is 0 Å². The number of rotatable bonds is 3. The summed E-state index contributed by atoms with van der Waals surface area (Å²) in [5, 5.41) is 0. The summed E-state index contributed by atoms with van der Waals surface area (Å²) in [6.45, 7) is 0.420. The van der Waals surface area contributed by atoms with E-state index in [2.05, 4.69) is 4.98 Å². The van der Waals surface area contributed by atoms with Gasteiger partial charge in [0.1, 0.15) is 0 Å². The number of pyridine rings is 1. The lowest BCUT2D eigenvalue weighted by molar-refractivity contribution is -0.137. The molecule has 0 bridgehead atoms. The lowest BCUT2D eigenvalue weighted by Crippen LogP contribution is -2.30. The van der Waals surface area contributed by atoms with Crippen molar-refractivity contribution in [2.75, 3.05) is 6.54 Å². The number of carbonyl (C=O) groups is 2. The van der Waals surface area contributed by atoms with Crippen molar-refractivity contribution in [1.82, 2.24) is 9.88 Å². The third kappa shape index (κ3) is 3.61. The zero-order chi connectivity index (χ0) is 16.1. The zero-order valence-electron chi connectivity index (χ0n) is 12.6. The second kappa shape index (κ2) is 6.83. The predicted octanol–water partition coefficient (Wildman–Crippen LogP) is 2.94. The molecule has 0 radical (unpaired) electrons. The van der Waals surface area contributed by atoms with Crippen LogP contribution in [0.3, 0.4) is 0 Å². The summed E-state index contributed by atoms with van der Waals surface area (Å²) in [5.41, 5.74) is 2.32. The maximum Gasteiger partial charge on any atom is 0.256 e. The highest BCUT2D eigenvalue weighted by molar-refractivity contribution is 6.12. The Morgan fingerprint density at radius 2 is 1.87 bits per heavy atom. The fourth-order valence-corrected chi connectivity index (χ4v) is 2.43. The Morgan fingerprint density at radius 1 is 1.09 bits per heavy atom. The average Bonchev–Trinajstić information content (AvgIpc) is 2.95. The van der Waals surface area contributed by atoms with Crippen molar-refractivity contribution in [2.24, 2.45) is 0 Å². The van der Waals surface area contributed by atoms with E-state index in [-0.39, 0.29) is 11.8 Å². The highest BCUT2D eigenvalue weighted by atomic mass is 16.2. The van der Waals surface area contributed by atoms with Gasteiger partial charge in [0, 0.05) is 24.4 Å². The van der Waals surface area contributed by atoms with Crippen LogP contribution in [0.1, 0.15) is 17.7 Å². The molecule has 3 rings (SSSR count). The van der Waals surface area contributed by atoms with E-state index in [0.29, 0.717) is 24.2 Å². The molecule has 1 saturated heterocycles. The lowest BCUT2D eigenvalue weighted by Gasteiger charge is -2.09. The molecule has 1 aromatic carbocycles. The second-order valence-electron chi connectivity index (χ2n) is 5.21. The third-order valence-corrected chi connectivity index (χ3v) is 3.62. The number of aromatic nitrogens is 1. The maximum atomic E-state index is 12.3. The minimum absolute atomic E-state index is 0.218. The SMILES string of the molecule is O=C(C=Cc1ccccn1)N1CC/C(=C\c2ccccc2)C1=O. The van der Waals surface area contributed by atoms with Crippen molar-refractivity contribution in [2.45, 2.75) is 6.42 Å². The minimum Gasteiger partial charge on any atom is -0.275 e. The lowest BCUT2D eigenvalue weighted by atomic mass is 10.1. The number of amides is 2. The van der Waals surface area contributed by atoms with Gasteiger partial charge < -0.3 is 0 Å². The van der Waals surface area contributed by atoms with E-state index in [1.165, 1.54) is 11.0 Å². The Kier molecular flexibility index (Phi) is 4.43. The van der Waals surface area contributed by atoms with E-state index in [4.69, 9.17) is 0 Å². The molecule has 2 amide bonds. The van der Waals surface area contributed by atoms with Crippen LogP contribution in [0.2, 0.25) is 0 Å². The van der Waals surface area contributed by atoms with Crippen LogP contribution in [0.4, 0.5) is 0 Å². The van der Waals surface area contributed by atoms with E-state index in [9.17, 15) is 9.59 Å². The Balaban J connectivity index is 1.70. The van der Waals surface area contributed by atoms with Crippen LogP contribution in [0.5, 0.6) is 0 Å². The van der Waals surface area contributed by atoms with Gasteiger partial charge in [0.25, 0.3) is 11.8 Å². The fourth-order valence-electron chi connectivity index (χ4n) is 2.43. The molecule has 2 aromatic rings. The van der Waals surface area contributed by atoms with E-state index < -0.39 is 0 Å². The van der Waals surface area contributed by atoms with E-state index in [0.717, 1.165) is 5.56 Å². The highest BCUT2D eigenvalue weighted by Crippen LogP contribution is 2.20. The normalized spacial score (nSPS) is 16.4. The van der Waals surface area contributed by atoms with E-state index in [1.54, 1.807) is 18.3 Å². The number of hydrogen-bond donors (Lipinski definition) is 0. The van der Waals surface area contributed by atoms with Gasteiger partial charge in [-0.25, -0.2) is 0 Å². The standard InChI is InChI=1S/C19H16N2O2/c22-18(10-9-17-8-4-5-12-20-17)21-13-11-16(19(21)23)14-15-6-2-1-3-7-15/h1-10,12,14H,11,13H2/b10-9?,16-14+. The van der Waals surface area contributed by atoms with E-state index in [1.807, 2.05) is 48.5 Å². The maximum absolute atomic E-state index is 12.3. The molecule has 0 atom stereocenters. The predicted molar refractivity (Wildman–Crippen MR) is 89.0 cm³/mol. The van der Waals surface area contributed by atoms with Gasteiger partial charge in [-0.1, -0.05) is 36.4 Å². The van der Waals surface area contributed by atoms with Gasteiger partial charge in [-0.15, -0.1) is 0 Å². The van der Waals surface area contributed by atoms with Crippen LogP contribution in [0.25, 0.3) is 12.2 Å². The Morgan fingerprint density at radius 3 is 2.61 bits per heavy atom. The number of benzene rings is 1. The van der Waals surface area contributed by atoms with Gasteiger partial charge in [0.15, 0.2) is 0 Å². The molecule has 1 aliphatic rings. The van der Waals surface area contributed by atoms with Gasteiger partial charge in [-0.3, -0.25) is 19.5 Å². The number of likely N-dealkylation sites (tertiary alicyclic amines) is 1. The average molecular weight is 304 g/mol. The summed E-state index contributed by atoms with van der Waals surface area (Å²) in [5.74, 6) is -0.526. The first-order valence-corrected chi connectivity index (χ1v) is 7.44. The van der Waals surface area contributed by atoms with Crippen LogP contribution in [0.15, 0.2) is 66.4 Å². The van der Waals surface area contributed by atoms with E-state index >= 15 is 0 Å². The smallest absolute Gasteiger partial charge is 0.256 e. The first-order chi connectivity index (χ1) is 11.2. The molecule has 1 fully saturated rings. The van der Waals surface area contributed by atoms with Crippen molar-refractivity contribution in [3.8, 4) is 0 Å². The number of hydrogen-bond acceptors (Lipinski definition) is 3. The van der Waals surface area contributed by atoms with Crippen molar-refractivity contribution in [3.05, 3.63) is 77.6 Å². The topological polar surface area (TPSA) is 50.3 Å². The Bertz CT molecular complexity index is 764. The van der Waals surface area contributed by atoms with Crippen molar-refractivity contribution < 1.29 is 9.59 Å². The molecule has 1 aromatic heterocycles. The van der Waals surface area contributed by atoms with Crippen LogP contribution >= 0.6 is 0 Å². The first kappa shape index (κ1) is 14.9. The number of imide groups is 1. The second-order valence-corrected chi connectivity index (χ2v) is 5.21. The zero-order valence-corrected chi connectivity index (χ0v) is 12.6. The Labute approximate surface area is 134 Å². The molecule has 1 aliphatic heterocycles. The van der Waals surface area contributed by atoms with Crippen LogP contribution in [-0.2, 0) is 9.59 Å². The summed E-state index contributed by atoms with van der Waals surface area (Å²) in [6, 6.07) is 15.1. The Hall–Kier alpha value is -3.01. The first-order valence-electron chi connectivity index (χ1n) is 7.44. The van der Waals surface area contributed by atoms with Gasteiger partial charge >= 0.3 is 0 Å². The highest BCUT2D eigenvalue weighted by Gasteiger charge is 2.29. The molecule has 4 heteroatoms. The van der Waals surface area contributed by atoms with Crippen LogP contribution in [-0.4, -0.2) is 28.2 Å².